The van der Waals surface area contributed by atoms with Crippen LogP contribution in [0.15, 0.2) is 54.6 Å². The molecule has 5 heteroatoms. The van der Waals surface area contributed by atoms with E-state index in [1.54, 1.807) is 18.2 Å². The fourth-order valence-corrected chi connectivity index (χ4v) is 4.81. The lowest BCUT2D eigenvalue weighted by molar-refractivity contribution is 0.0696. The highest BCUT2D eigenvalue weighted by atomic mass is 32.1. The van der Waals surface area contributed by atoms with Crippen molar-refractivity contribution >= 4 is 17.3 Å². The van der Waals surface area contributed by atoms with Gasteiger partial charge < -0.3 is 10.4 Å². The molecule has 0 amide bonds. The summed E-state index contributed by atoms with van der Waals surface area (Å²) in [6, 6.07) is 17.8. The molecular formula is C22H22N2O2S. The molecule has 0 saturated heterocycles. The number of nitrogens with one attached hydrogen (secondary N) is 1. The Labute approximate surface area is 162 Å². The smallest absolute Gasteiger partial charge is 0.335 e. The number of benzene rings is 2. The van der Waals surface area contributed by atoms with Gasteiger partial charge >= 0.3 is 5.97 Å². The normalized spacial score (nSPS) is 16.1. The van der Waals surface area contributed by atoms with Gasteiger partial charge in [0.1, 0.15) is 5.01 Å². The average molecular weight is 378 g/mol. The van der Waals surface area contributed by atoms with Crippen LogP contribution in [0, 0.1) is 0 Å². The molecule has 0 saturated carbocycles. The number of aryl methyl sites for hydroxylation is 1. The van der Waals surface area contributed by atoms with Crippen LogP contribution in [0.2, 0.25) is 0 Å². The van der Waals surface area contributed by atoms with E-state index in [0.717, 1.165) is 29.8 Å². The Morgan fingerprint density at radius 1 is 1.15 bits per heavy atom. The van der Waals surface area contributed by atoms with E-state index in [1.165, 1.54) is 16.1 Å². The second kappa shape index (κ2) is 8.03. The van der Waals surface area contributed by atoms with Gasteiger partial charge in [-0.25, -0.2) is 9.78 Å². The lowest BCUT2D eigenvalue weighted by Crippen LogP contribution is -2.13. The number of nitrogens with zero attached hydrogens (tertiary/aromatic N) is 1. The number of aromatic carboxylic acids is 1. The minimum absolute atomic E-state index is 0.325. The molecule has 1 atom stereocenters. The maximum absolute atomic E-state index is 11.1. The third-order valence-corrected chi connectivity index (χ3v) is 6.15. The van der Waals surface area contributed by atoms with Gasteiger partial charge in [0.2, 0.25) is 0 Å². The molecule has 1 heterocycles. The third kappa shape index (κ3) is 4.26. The van der Waals surface area contributed by atoms with Crippen molar-refractivity contribution in [1.82, 2.24) is 10.3 Å². The molecule has 0 bridgehead atoms. The van der Waals surface area contributed by atoms with Crippen molar-refractivity contribution < 1.29 is 9.90 Å². The summed E-state index contributed by atoms with van der Waals surface area (Å²) in [5.41, 5.74) is 3.98. The van der Waals surface area contributed by atoms with Crippen LogP contribution >= 0.6 is 11.3 Å². The van der Waals surface area contributed by atoms with E-state index >= 15 is 0 Å². The number of hydrogen-bond acceptors (Lipinski definition) is 4. The summed E-state index contributed by atoms with van der Waals surface area (Å²) in [5.74, 6) is -0.295. The van der Waals surface area contributed by atoms with Crippen molar-refractivity contribution in [3.05, 3.63) is 86.9 Å². The van der Waals surface area contributed by atoms with Gasteiger partial charge in [-0.15, -0.1) is 11.3 Å². The second-order valence-corrected chi connectivity index (χ2v) is 8.11. The second-order valence-electron chi connectivity index (χ2n) is 6.94. The summed E-state index contributed by atoms with van der Waals surface area (Å²) in [6.07, 6.45) is 3.29. The van der Waals surface area contributed by atoms with Crippen molar-refractivity contribution in [3.63, 3.8) is 0 Å². The number of carboxylic acids is 1. The molecule has 4 rings (SSSR count). The molecule has 1 aromatic heterocycles. The monoisotopic (exact) mass is 378 g/mol. The number of fused-ring (bicyclic) bond motifs is 1. The minimum Gasteiger partial charge on any atom is -0.478 e. The van der Waals surface area contributed by atoms with E-state index in [2.05, 4.69) is 35.6 Å². The van der Waals surface area contributed by atoms with Crippen LogP contribution in [0.4, 0.5) is 0 Å². The summed E-state index contributed by atoms with van der Waals surface area (Å²) < 4.78 is 0. The van der Waals surface area contributed by atoms with Crippen LogP contribution in [0.3, 0.4) is 0 Å². The highest BCUT2D eigenvalue weighted by Gasteiger charge is 2.23. The molecule has 138 valence electrons. The summed E-state index contributed by atoms with van der Waals surface area (Å²) in [6.45, 7) is 1.35. The zero-order valence-electron chi connectivity index (χ0n) is 15.0. The molecule has 4 nitrogen and oxygen atoms in total. The molecule has 1 aliphatic carbocycles. The van der Waals surface area contributed by atoms with Gasteiger partial charge in [-0.2, -0.15) is 0 Å². The Morgan fingerprint density at radius 3 is 2.81 bits per heavy atom. The van der Waals surface area contributed by atoms with Crippen molar-refractivity contribution in [3.8, 4) is 0 Å². The first-order valence-electron chi connectivity index (χ1n) is 9.24. The molecule has 27 heavy (non-hydrogen) atoms. The first kappa shape index (κ1) is 17.9. The Morgan fingerprint density at radius 2 is 2.00 bits per heavy atom. The third-order valence-electron chi connectivity index (χ3n) is 5.03. The largest absolute Gasteiger partial charge is 0.478 e. The van der Waals surface area contributed by atoms with Crippen molar-refractivity contribution in [1.29, 1.82) is 0 Å². The molecule has 1 aliphatic rings. The molecule has 0 spiro atoms. The van der Waals surface area contributed by atoms with Gasteiger partial charge in [0, 0.05) is 18.0 Å². The summed E-state index contributed by atoms with van der Waals surface area (Å²) in [7, 11) is 0. The molecule has 0 radical (unpaired) electrons. The van der Waals surface area contributed by atoms with E-state index < -0.39 is 5.97 Å². The standard InChI is InChI=1S/C22H22N2O2S/c25-22(26)18-8-4-5-15(11-18)13-23-14-21-24-19-10-9-17(12-20(19)27-21)16-6-2-1-3-7-16/h1-8,11,17,23H,9-10,12-14H2,(H,25,26). The summed E-state index contributed by atoms with van der Waals surface area (Å²) >= 11 is 1.81. The number of carbonyl (C=O) groups is 1. The van der Waals surface area contributed by atoms with E-state index in [4.69, 9.17) is 10.1 Å². The minimum atomic E-state index is -0.891. The van der Waals surface area contributed by atoms with Gasteiger partial charge in [-0.3, -0.25) is 0 Å². The van der Waals surface area contributed by atoms with Gasteiger partial charge in [0.15, 0.2) is 0 Å². The van der Waals surface area contributed by atoms with Crippen molar-refractivity contribution in [2.24, 2.45) is 0 Å². The summed E-state index contributed by atoms with van der Waals surface area (Å²) in [4.78, 5) is 17.3. The van der Waals surface area contributed by atoms with E-state index in [-0.39, 0.29) is 0 Å². The van der Waals surface area contributed by atoms with E-state index in [1.807, 2.05) is 17.4 Å². The summed E-state index contributed by atoms with van der Waals surface area (Å²) in [5, 5.41) is 13.6. The van der Waals surface area contributed by atoms with Crippen LogP contribution in [-0.2, 0) is 25.9 Å². The van der Waals surface area contributed by atoms with Gasteiger partial charge in [0.05, 0.1) is 11.3 Å². The Balaban J connectivity index is 1.36. The Bertz CT molecular complexity index is 936. The predicted molar refractivity (Wildman–Crippen MR) is 107 cm³/mol. The molecule has 2 N–H and O–H groups in total. The van der Waals surface area contributed by atoms with Crippen molar-refractivity contribution in [2.75, 3.05) is 0 Å². The average Bonchev–Trinajstić information content (AvgIpc) is 3.11. The van der Waals surface area contributed by atoms with Crippen LogP contribution in [-0.4, -0.2) is 16.1 Å². The van der Waals surface area contributed by atoms with E-state index in [9.17, 15) is 4.79 Å². The fraction of sp³-hybridized carbons (Fsp3) is 0.273. The fourth-order valence-electron chi connectivity index (χ4n) is 3.64. The van der Waals surface area contributed by atoms with Gasteiger partial charge in [-0.05, 0) is 48.4 Å². The molecule has 3 aromatic rings. The van der Waals surface area contributed by atoms with Crippen LogP contribution in [0.5, 0.6) is 0 Å². The quantitative estimate of drug-likeness (QED) is 0.667. The Hall–Kier alpha value is -2.50. The first-order chi connectivity index (χ1) is 13.2. The Kier molecular flexibility index (Phi) is 5.32. The molecular weight excluding hydrogens is 356 g/mol. The highest BCUT2D eigenvalue weighted by Crippen LogP contribution is 2.35. The predicted octanol–water partition coefficient (Wildman–Crippen LogP) is 4.40. The number of rotatable bonds is 6. The maximum atomic E-state index is 11.1. The number of thiazole rings is 1. The maximum Gasteiger partial charge on any atom is 0.335 e. The zero-order chi connectivity index (χ0) is 18.6. The number of hydrogen-bond donors (Lipinski definition) is 2. The number of carboxylic acid groups (broad SMARTS) is 1. The van der Waals surface area contributed by atoms with Gasteiger partial charge in [-0.1, -0.05) is 42.5 Å². The first-order valence-corrected chi connectivity index (χ1v) is 10.1. The van der Waals surface area contributed by atoms with Crippen LogP contribution in [0.25, 0.3) is 0 Å². The highest BCUT2D eigenvalue weighted by molar-refractivity contribution is 7.11. The van der Waals surface area contributed by atoms with Gasteiger partial charge in [0.25, 0.3) is 0 Å². The zero-order valence-corrected chi connectivity index (χ0v) is 15.8. The lowest BCUT2D eigenvalue weighted by Gasteiger charge is -2.21. The van der Waals surface area contributed by atoms with E-state index in [0.29, 0.717) is 24.6 Å². The topological polar surface area (TPSA) is 62.2 Å². The molecule has 2 aromatic carbocycles. The lowest BCUT2D eigenvalue weighted by atomic mass is 9.85. The van der Waals surface area contributed by atoms with Crippen molar-refractivity contribution in [2.45, 2.75) is 38.3 Å². The molecule has 0 fully saturated rings. The molecule has 0 aliphatic heterocycles. The van der Waals surface area contributed by atoms with Crippen LogP contribution in [0.1, 0.15) is 49.4 Å². The number of aromatic nitrogens is 1. The van der Waals surface area contributed by atoms with Crippen LogP contribution < -0.4 is 5.32 Å². The molecule has 1 unspecified atom stereocenters. The SMILES string of the molecule is O=C(O)c1cccc(CNCc2nc3c(s2)CC(c2ccccc2)CC3)c1.